The van der Waals surface area contributed by atoms with Crippen LogP contribution in [0, 0.1) is 5.92 Å². The lowest BCUT2D eigenvalue weighted by Crippen LogP contribution is -2.53. The highest BCUT2D eigenvalue weighted by atomic mass is 79.9. The molecule has 0 N–H and O–H groups in total. The predicted molar refractivity (Wildman–Crippen MR) is 115 cm³/mol. The Bertz CT molecular complexity index is 896. The molecule has 0 radical (unpaired) electrons. The minimum absolute atomic E-state index is 0.0319. The Morgan fingerprint density at radius 1 is 0.929 bits per heavy atom. The molecule has 4 rings (SSSR count). The summed E-state index contributed by atoms with van der Waals surface area (Å²) in [4.78, 5) is 12.8. The second kappa shape index (κ2) is 7.92. The molecule has 0 bridgehead atoms. The van der Waals surface area contributed by atoms with Gasteiger partial charge >= 0.3 is 5.97 Å². The first kappa shape index (κ1) is 18.9. The summed E-state index contributed by atoms with van der Waals surface area (Å²) >= 11 is 3.53. The summed E-state index contributed by atoms with van der Waals surface area (Å²) in [5, 5.41) is 0. The Balaban J connectivity index is 1.89. The number of carbonyl (C=O) groups is 1. The van der Waals surface area contributed by atoms with Crippen molar-refractivity contribution in [2.75, 3.05) is 6.61 Å². The van der Waals surface area contributed by atoms with E-state index in [1.54, 1.807) is 0 Å². The van der Waals surface area contributed by atoms with E-state index >= 15 is 0 Å². The first-order chi connectivity index (χ1) is 13.7. The van der Waals surface area contributed by atoms with Gasteiger partial charge in [0.2, 0.25) is 0 Å². The van der Waals surface area contributed by atoms with Gasteiger partial charge in [-0.25, -0.2) is 0 Å². The Hall–Kier alpha value is -2.39. The number of ether oxygens (including phenoxy) is 1. The molecular weight excluding hydrogens is 412 g/mol. The second-order valence-electron chi connectivity index (χ2n) is 7.30. The number of rotatable bonds is 5. The maximum Gasteiger partial charge on any atom is 0.309 e. The van der Waals surface area contributed by atoms with E-state index in [4.69, 9.17) is 4.74 Å². The first-order valence-electron chi connectivity index (χ1n) is 9.70. The van der Waals surface area contributed by atoms with Crippen molar-refractivity contribution in [2.24, 2.45) is 5.92 Å². The second-order valence-corrected chi connectivity index (χ2v) is 8.21. The summed E-state index contributed by atoms with van der Waals surface area (Å²) in [6.45, 7) is 2.28. The minimum atomic E-state index is -0.242. The number of carbonyl (C=O) groups excluding carboxylic acids is 1. The van der Waals surface area contributed by atoms with Gasteiger partial charge in [0.1, 0.15) is 0 Å². The van der Waals surface area contributed by atoms with Crippen molar-refractivity contribution in [1.82, 2.24) is 0 Å². The molecule has 142 valence electrons. The first-order valence-corrected chi connectivity index (χ1v) is 10.5. The zero-order valence-corrected chi connectivity index (χ0v) is 17.4. The number of benzene rings is 3. The molecule has 0 amide bonds. The van der Waals surface area contributed by atoms with E-state index in [1.165, 1.54) is 16.7 Å². The monoisotopic (exact) mass is 434 g/mol. The van der Waals surface area contributed by atoms with Crippen LogP contribution in [0.1, 0.15) is 36.0 Å². The maximum absolute atomic E-state index is 12.8. The molecule has 3 heteroatoms. The van der Waals surface area contributed by atoms with Crippen molar-refractivity contribution >= 4 is 21.9 Å². The maximum atomic E-state index is 12.8. The van der Waals surface area contributed by atoms with Crippen LogP contribution in [0.15, 0.2) is 89.4 Å². The molecule has 0 saturated heterocycles. The van der Waals surface area contributed by atoms with Crippen LogP contribution in [0.3, 0.4) is 0 Å². The standard InChI is InChI=1S/C25H23BrO2/c1-2-28-24(27)22-17-25(19-9-5-3-6-10-19,20-11-7-4-8-12-20)23(22)18-13-15-21(26)16-14-18/h3-16,22-23H,2,17H2,1H3/t22?,23-/m0/s1. The predicted octanol–water partition coefficient (Wildman–Crippen LogP) is 6.10. The summed E-state index contributed by atoms with van der Waals surface area (Å²) < 4.78 is 6.47. The normalized spacial score (nSPS) is 20.2. The van der Waals surface area contributed by atoms with Gasteiger partial charge in [-0.15, -0.1) is 0 Å². The van der Waals surface area contributed by atoms with Crippen molar-refractivity contribution < 1.29 is 9.53 Å². The molecule has 0 heterocycles. The number of esters is 1. The van der Waals surface area contributed by atoms with E-state index in [-0.39, 0.29) is 23.2 Å². The van der Waals surface area contributed by atoms with Crippen molar-refractivity contribution in [2.45, 2.75) is 24.7 Å². The number of hydrogen-bond acceptors (Lipinski definition) is 2. The number of halogens is 1. The molecule has 3 aromatic carbocycles. The van der Waals surface area contributed by atoms with Gasteiger partial charge < -0.3 is 4.74 Å². The molecule has 2 atom stereocenters. The highest BCUT2D eigenvalue weighted by Crippen LogP contribution is 2.62. The van der Waals surface area contributed by atoms with Gasteiger partial charge in [0.15, 0.2) is 0 Å². The quantitative estimate of drug-likeness (QED) is 0.453. The van der Waals surface area contributed by atoms with E-state index < -0.39 is 0 Å². The van der Waals surface area contributed by atoms with Gasteiger partial charge in [-0.05, 0) is 42.2 Å². The van der Waals surface area contributed by atoms with Crippen LogP contribution < -0.4 is 0 Å². The summed E-state index contributed by atoms with van der Waals surface area (Å²) in [5.74, 6) is -0.219. The van der Waals surface area contributed by atoms with Crippen LogP contribution in [-0.4, -0.2) is 12.6 Å². The van der Waals surface area contributed by atoms with Gasteiger partial charge in [-0.3, -0.25) is 4.79 Å². The molecule has 1 unspecified atom stereocenters. The number of hydrogen-bond donors (Lipinski definition) is 0. The molecule has 0 aromatic heterocycles. The molecule has 3 aromatic rings. The van der Waals surface area contributed by atoms with E-state index in [0.29, 0.717) is 6.61 Å². The molecule has 1 aliphatic carbocycles. The molecule has 0 aliphatic heterocycles. The van der Waals surface area contributed by atoms with Crippen LogP contribution >= 0.6 is 15.9 Å². The summed E-state index contributed by atoms with van der Waals surface area (Å²) in [6, 6.07) is 29.5. The molecular formula is C25H23BrO2. The van der Waals surface area contributed by atoms with Gasteiger partial charge in [0, 0.05) is 15.8 Å². The molecule has 2 nitrogen and oxygen atoms in total. The molecule has 28 heavy (non-hydrogen) atoms. The van der Waals surface area contributed by atoms with E-state index in [0.717, 1.165) is 10.9 Å². The van der Waals surface area contributed by atoms with Gasteiger partial charge in [0.25, 0.3) is 0 Å². The summed E-state index contributed by atoms with van der Waals surface area (Å²) in [6.07, 6.45) is 0.751. The zero-order chi connectivity index (χ0) is 19.6. The van der Waals surface area contributed by atoms with Crippen molar-refractivity contribution in [3.63, 3.8) is 0 Å². The topological polar surface area (TPSA) is 26.3 Å². The fourth-order valence-corrected chi connectivity index (χ4v) is 4.93. The lowest BCUT2D eigenvalue weighted by molar-refractivity contribution is -0.154. The van der Waals surface area contributed by atoms with Crippen LogP contribution in [0.25, 0.3) is 0 Å². The molecule has 0 spiro atoms. The fraction of sp³-hybridized carbons (Fsp3) is 0.240. The van der Waals surface area contributed by atoms with E-state index in [9.17, 15) is 4.79 Å². The average Bonchev–Trinajstić information content (AvgIpc) is 2.71. The van der Waals surface area contributed by atoms with E-state index in [2.05, 4.69) is 88.7 Å². The van der Waals surface area contributed by atoms with Crippen LogP contribution in [0.4, 0.5) is 0 Å². The van der Waals surface area contributed by atoms with Crippen molar-refractivity contribution in [1.29, 1.82) is 0 Å². The third kappa shape index (κ3) is 3.18. The molecule has 1 fully saturated rings. The Labute approximate surface area is 174 Å². The Kier molecular flexibility index (Phi) is 5.36. The highest BCUT2D eigenvalue weighted by molar-refractivity contribution is 9.10. The van der Waals surface area contributed by atoms with Crippen LogP contribution in [0.2, 0.25) is 0 Å². The largest absolute Gasteiger partial charge is 0.466 e. The lowest BCUT2D eigenvalue weighted by atomic mass is 9.47. The van der Waals surface area contributed by atoms with Crippen LogP contribution in [0.5, 0.6) is 0 Å². The Morgan fingerprint density at radius 2 is 1.46 bits per heavy atom. The minimum Gasteiger partial charge on any atom is -0.466 e. The Morgan fingerprint density at radius 3 is 1.96 bits per heavy atom. The smallest absolute Gasteiger partial charge is 0.309 e. The lowest BCUT2D eigenvalue weighted by Gasteiger charge is -2.55. The van der Waals surface area contributed by atoms with Gasteiger partial charge in [-0.1, -0.05) is 88.7 Å². The zero-order valence-electron chi connectivity index (χ0n) is 15.8. The SMILES string of the molecule is CCOC(=O)C1CC(c2ccccc2)(c2ccccc2)[C@H]1c1ccc(Br)cc1. The van der Waals surface area contributed by atoms with Crippen LogP contribution in [-0.2, 0) is 14.9 Å². The summed E-state index contributed by atoms with van der Waals surface area (Å²) in [7, 11) is 0. The fourth-order valence-electron chi connectivity index (χ4n) is 4.66. The van der Waals surface area contributed by atoms with Crippen molar-refractivity contribution in [3.8, 4) is 0 Å². The van der Waals surface area contributed by atoms with Gasteiger partial charge in [0.05, 0.1) is 12.5 Å². The van der Waals surface area contributed by atoms with Gasteiger partial charge in [-0.2, -0.15) is 0 Å². The summed E-state index contributed by atoms with van der Waals surface area (Å²) in [5.41, 5.74) is 3.41. The third-order valence-electron chi connectivity index (χ3n) is 5.87. The average molecular weight is 435 g/mol. The molecule has 1 saturated carbocycles. The van der Waals surface area contributed by atoms with E-state index in [1.807, 2.05) is 19.1 Å². The highest BCUT2D eigenvalue weighted by Gasteiger charge is 2.59. The van der Waals surface area contributed by atoms with Crippen molar-refractivity contribution in [3.05, 3.63) is 106 Å². The molecule has 1 aliphatic rings. The third-order valence-corrected chi connectivity index (χ3v) is 6.40.